The molecule has 0 aliphatic heterocycles. The lowest BCUT2D eigenvalue weighted by atomic mass is 9.97. The predicted octanol–water partition coefficient (Wildman–Crippen LogP) is 3.82. The minimum atomic E-state index is -0.664. The summed E-state index contributed by atoms with van der Waals surface area (Å²) in [6, 6.07) is 3.57. The maximum atomic E-state index is 12.3. The van der Waals surface area contributed by atoms with Gasteiger partial charge >= 0.3 is 6.09 Å². The van der Waals surface area contributed by atoms with Crippen molar-refractivity contribution in [3.8, 4) is 17.3 Å². The Labute approximate surface area is 158 Å². The van der Waals surface area contributed by atoms with Crippen molar-refractivity contribution >= 4 is 6.09 Å². The minimum absolute atomic E-state index is 0.359. The van der Waals surface area contributed by atoms with Crippen molar-refractivity contribution in [3.05, 3.63) is 24.2 Å². The van der Waals surface area contributed by atoms with Crippen LogP contribution < -0.4 is 10.1 Å². The van der Waals surface area contributed by atoms with Gasteiger partial charge in [-0.25, -0.2) is 9.78 Å². The van der Waals surface area contributed by atoms with Crippen molar-refractivity contribution in [1.82, 2.24) is 20.4 Å². The largest absolute Gasteiger partial charge is 0.478 e. The van der Waals surface area contributed by atoms with Gasteiger partial charge in [-0.2, -0.15) is 4.98 Å². The van der Waals surface area contributed by atoms with E-state index >= 15 is 0 Å². The predicted molar refractivity (Wildman–Crippen MR) is 98.2 cm³/mol. The molecule has 1 aliphatic rings. The molecule has 0 radical (unpaired) electrons. The Morgan fingerprint density at radius 1 is 1.30 bits per heavy atom. The van der Waals surface area contributed by atoms with E-state index in [0.717, 1.165) is 25.7 Å². The highest BCUT2D eigenvalue weighted by Gasteiger charge is 2.42. The van der Waals surface area contributed by atoms with Crippen LogP contribution >= 0.6 is 0 Å². The van der Waals surface area contributed by atoms with Crippen LogP contribution in [0.15, 0.2) is 22.9 Å². The quantitative estimate of drug-likeness (QED) is 0.849. The summed E-state index contributed by atoms with van der Waals surface area (Å²) in [7, 11) is 0. The SMILES string of the molecule is CCOc1ccc(-c2nc(C3(NC(=O)OC(C)(C)C)CCCC3)no2)cn1. The third-order valence-electron chi connectivity index (χ3n) is 4.33. The van der Waals surface area contributed by atoms with E-state index in [1.807, 2.05) is 33.8 Å². The lowest BCUT2D eigenvalue weighted by Crippen LogP contribution is -2.46. The number of rotatable bonds is 5. The molecule has 3 rings (SSSR count). The maximum Gasteiger partial charge on any atom is 0.408 e. The fourth-order valence-electron chi connectivity index (χ4n) is 3.16. The zero-order valence-corrected chi connectivity index (χ0v) is 16.2. The number of nitrogens with zero attached hydrogens (tertiary/aromatic N) is 3. The van der Waals surface area contributed by atoms with Crippen LogP contribution in [0.2, 0.25) is 0 Å². The summed E-state index contributed by atoms with van der Waals surface area (Å²) in [6.07, 6.45) is 4.59. The number of hydrogen-bond acceptors (Lipinski definition) is 7. The molecule has 0 spiro atoms. The molecule has 1 fully saturated rings. The molecule has 2 aromatic heterocycles. The molecule has 0 aromatic carbocycles. The van der Waals surface area contributed by atoms with Crippen LogP contribution in [-0.2, 0) is 10.3 Å². The van der Waals surface area contributed by atoms with Gasteiger partial charge in [0.2, 0.25) is 5.88 Å². The van der Waals surface area contributed by atoms with Crippen LogP contribution in [0.4, 0.5) is 4.79 Å². The molecule has 0 atom stereocenters. The molecule has 0 bridgehead atoms. The first-order chi connectivity index (χ1) is 12.8. The van der Waals surface area contributed by atoms with Gasteiger partial charge in [-0.1, -0.05) is 18.0 Å². The number of carbonyl (C=O) groups is 1. The molecule has 2 heterocycles. The second-order valence-electron chi connectivity index (χ2n) is 7.66. The highest BCUT2D eigenvalue weighted by Crippen LogP contribution is 2.38. The molecule has 1 N–H and O–H groups in total. The second kappa shape index (κ2) is 7.54. The Bertz CT molecular complexity index is 774. The highest BCUT2D eigenvalue weighted by molar-refractivity contribution is 5.69. The zero-order chi connectivity index (χ0) is 19.5. The van der Waals surface area contributed by atoms with Crippen molar-refractivity contribution in [2.75, 3.05) is 6.61 Å². The number of aromatic nitrogens is 3. The third-order valence-corrected chi connectivity index (χ3v) is 4.33. The van der Waals surface area contributed by atoms with E-state index in [0.29, 0.717) is 29.8 Å². The summed E-state index contributed by atoms with van der Waals surface area (Å²) in [4.78, 5) is 21.1. The lowest BCUT2D eigenvalue weighted by molar-refractivity contribution is 0.0446. The van der Waals surface area contributed by atoms with E-state index in [1.54, 1.807) is 12.3 Å². The smallest absolute Gasteiger partial charge is 0.408 e. The van der Waals surface area contributed by atoms with Gasteiger partial charge in [-0.05, 0) is 46.6 Å². The molecule has 1 aliphatic carbocycles. The summed E-state index contributed by atoms with van der Waals surface area (Å²) in [5.41, 5.74) is -0.536. The van der Waals surface area contributed by atoms with Gasteiger partial charge in [0.15, 0.2) is 5.82 Å². The summed E-state index contributed by atoms with van der Waals surface area (Å²) in [5.74, 6) is 1.37. The van der Waals surface area contributed by atoms with Crippen LogP contribution in [0, 0.1) is 0 Å². The van der Waals surface area contributed by atoms with Gasteiger partial charge in [0.1, 0.15) is 11.1 Å². The molecule has 1 saturated carbocycles. The van der Waals surface area contributed by atoms with E-state index in [1.165, 1.54) is 0 Å². The van der Waals surface area contributed by atoms with Crippen LogP contribution in [-0.4, -0.2) is 33.4 Å². The number of ether oxygens (including phenoxy) is 2. The van der Waals surface area contributed by atoms with Gasteiger partial charge < -0.3 is 19.3 Å². The molecule has 1 amide bonds. The summed E-state index contributed by atoms with van der Waals surface area (Å²) in [6.45, 7) is 7.95. The first kappa shape index (κ1) is 19.1. The maximum absolute atomic E-state index is 12.3. The average molecular weight is 374 g/mol. The van der Waals surface area contributed by atoms with E-state index in [2.05, 4.69) is 20.4 Å². The van der Waals surface area contributed by atoms with Crippen molar-refractivity contribution in [2.45, 2.75) is 64.5 Å². The summed E-state index contributed by atoms with van der Waals surface area (Å²) >= 11 is 0. The van der Waals surface area contributed by atoms with Gasteiger partial charge in [-0.3, -0.25) is 0 Å². The Balaban J connectivity index is 1.80. The summed E-state index contributed by atoms with van der Waals surface area (Å²) in [5, 5.41) is 7.11. The highest BCUT2D eigenvalue weighted by atomic mass is 16.6. The molecular formula is C19H26N4O4. The Kier molecular flexibility index (Phi) is 5.34. The number of amides is 1. The molecule has 146 valence electrons. The standard InChI is InChI=1S/C19H26N4O4/c1-5-25-14-9-8-13(12-20-14)15-21-16(23-27-15)19(10-6-7-11-19)22-17(24)26-18(2,3)4/h8-9,12H,5-7,10-11H2,1-4H3,(H,22,24). The number of nitrogens with one attached hydrogen (secondary N) is 1. The molecular weight excluding hydrogens is 348 g/mol. The average Bonchev–Trinajstić information content (AvgIpc) is 3.24. The van der Waals surface area contributed by atoms with E-state index in [4.69, 9.17) is 14.0 Å². The lowest BCUT2D eigenvalue weighted by Gasteiger charge is -2.28. The van der Waals surface area contributed by atoms with Gasteiger partial charge in [0.25, 0.3) is 5.89 Å². The van der Waals surface area contributed by atoms with Crippen LogP contribution in [0.25, 0.3) is 11.5 Å². The van der Waals surface area contributed by atoms with E-state index in [9.17, 15) is 4.79 Å². The number of pyridine rings is 1. The Morgan fingerprint density at radius 3 is 2.63 bits per heavy atom. The van der Waals surface area contributed by atoms with Crippen molar-refractivity contribution in [2.24, 2.45) is 0 Å². The van der Waals surface area contributed by atoms with E-state index < -0.39 is 17.2 Å². The van der Waals surface area contributed by atoms with Crippen molar-refractivity contribution < 1.29 is 18.8 Å². The van der Waals surface area contributed by atoms with Crippen LogP contribution in [0.5, 0.6) is 5.88 Å². The number of alkyl carbamates (subject to hydrolysis) is 1. The van der Waals surface area contributed by atoms with Gasteiger partial charge in [0.05, 0.1) is 12.2 Å². The minimum Gasteiger partial charge on any atom is -0.478 e. The molecule has 8 nitrogen and oxygen atoms in total. The first-order valence-corrected chi connectivity index (χ1v) is 9.26. The normalized spacial score (nSPS) is 16.1. The monoisotopic (exact) mass is 374 g/mol. The Hall–Kier alpha value is -2.64. The zero-order valence-electron chi connectivity index (χ0n) is 16.2. The molecule has 0 unspecified atom stereocenters. The van der Waals surface area contributed by atoms with Crippen LogP contribution in [0.1, 0.15) is 59.2 Å². The second-order valence-corrected chi connectivity index (χ2v) is 7.66. The molecule has 0 saturated heterocycles. The topological polar surface area (TPSA) is 99.4 Å². The third kappa shape index (κ3) is 4.56. The van der Waals surface area contributed by atoms with Crippen molar-refractivity contribution in [3.63, 3.8) is 0 Å². The molecule has 2 aromatic rings. The van der Waals surface area contributed by atoms with Gasteiger partial charge in [-0.15, -0.1) is 0 Å². The molecule has 8 heteroatoms. The van der Waals surface area contributed by atoms with Crippen molar-refractivity contribution in [1.29, 1.82) is 0 Å². The fraction of sp³-hybridized carbons (Fsp3) is 0.579. The molecule has 27 heavy (non-hydrogen) atoms. The van der Waals surface area contributed by atoms with E-state index in [-0.39, 0.29) is 0 Å². The summed E-state index contributed by atoms with van der Waals surface area (Å²) < 4.78 is 16.2. The van der Waals surface area contributed by atoms with Crippen LogP contribution in [0.3, 0.4) is 0 Å². The number of hydrogen-bond donors (Lipinski definition) is 1. The van der Waals surface area contributed by atoms with Gasteiger partial charge in [0, 0.05) is 12.3 Å². The first-order valence-electron chi connectivity index (χ1n) is 9.26. The fourth-order valence-corrected chi connectivity index (χ4v) is 3.16. The number of carbonyl (C=O) groups excluding carboxylic acids is 1. The Morgan fingerprint density at radius 2 is 2.04 bits per heavy atom.